The van der Waals surface area contributed by atoms with E-state index in [-0.39, 0.29) is 30.7 Å². The van der Waals surface area contributed by atoms with E-state index < -0.39 is 30.5 Å². The Kier molecular flexibility index (Phi) is 5.28. The van der Waals surface area contributed by atoms with Crippen LogP contribution in [0.2, 0.25) is 0 Å². The molecule has 1 aliphatic rings. The molecule has 0 aromatic heterocycles. The minimum atomic E-state index is -4.85. The number of amides is 1. The Hall–Kier alpha value is -1.27. The number of nitrogens with zero attached hydrogens (tertiary/aromatic N) is 1. The fourth-order valence-corrected chi connectivity index (χ4v) is 2.75. The summed E-state index contributed by atoms with van der Waals surface area (Å²) in [6.07, 6.45) is -4.49. The van der Waals surface area contributed by atoms with Crippen LogP contribution in [0.25, 0.3) is 0 Å². The lowest BCUT2D eigenvalue weighted by atomic mass is 9.86. The topological polar surface area (TPSA) is 57.6 Å². The molecule has 0 aromatic rings. The molecular formula is C14H22F3NO3. The molecule has 7 heteroatoms. The highest BCUT2D eigenvalue weighted by Gasteiger charge is 2.64. The fourth-order valence-electron chi connectivity index (χ4n) is 2.75. The largest absolute Gasteiger partial charge is 0.481 e. The molecule has 0 radical (unpaired) electrons. The minimum absolute atomic E-state index is 0.100. The van der Waals surface area contributed by atoms with E-state index in [1.54, 1.807) is 0 Å². The van der Waals surface area contributed by atoms with Crippen LogP contribution in [0.5, 0.6) is 0 Å². The highest BCUT2D eigenvalue weighted by molar-refractivity contribution is 5.81. The van der Waals surface area contributed by atoms with E-state index in [9.17, 15) is 22.8 Å². The lowest BCUT2D eigenvalue weighted by Crippen LogP contribution is -2.47. The van der Waals surface area contributed by atoms with Gasteiger partial charge in [-0.1, -0.05) is 27.2 Å². The minimum Gasteiger partial charge on any atom is -0.481 e. The number of halogens is 3. The first-order chi connectivity index (χ1) is 9.55. The van der Waals surface area contributed by atoms with Crippen molar-refractivity contribution in [2.45, 2.75) is 46.2 Å². The number of carbonyl (C=O) groups is 2. The molecule has 1 aliphatic heterocycles. The van der Waals surface area contributed by atoms with Crippen LogP contribution in [0.4, 0.5) is 13.2 Å². The highest BCUT2D eigenvalue weighted by atomic mass is 19.4. The van der Waals surface area contributed by atoms with E-state index in [1.807, 2.05) is 20.8 Å². The third-order valence-electron chi connectivity index (χ3n) is 4.48. The van der Waals surface area contributed by atoms with Crippen molar-refractivity contribution in [3.63, 3.8) is 0 Å². The molecule has 0 aromatic carbocycles. The van der Waals surface area contributed by atoms with Crippen molar-refractivity contribution in [3.8, 4) is 0 Å². The average Bonchev–Trinajstić information content (AvgIpc) is 2.81. The van der Waals surface area contributed by atoms with Gasteiger partial charge in [0.05, 0.1) is 0 Å². The number of aliphatic carboxylic acids is 1. The summed E-state index contributed by atoms with van der Waals surface area (Å²) in [5.74, 6) is -1.93. The smallest absolute Gasteiger partial charge is 0.406 e. The Morgan fingerprint density at radius 1 is 1.33 bits per heavy atom. The van der Waals surface area contributed by atoms with Gasteiger partial charge in [0, 0.05) is 19.5 Å². The predicted octanol–water partition coefficient (Wildman–Crippen LogP) is 2.92. The summed E-state index contributed by atoms with van der Waals surface area (Å²) in [5, 5.41) is 8.96. The van der Waals surface area contributed by atoms with Gasteiger partial charge in [0.15, 0.2) is 5.41 Å². The normalized spacial score (nSPS) is 24.4. The summed E-state index contributed by atoms with van der Waals surface area (Å²) in [4.78, 5) is 24.2. The van der Waals surface area contributed by atoms with Gasteiger partial charge in [0.1, 0.15) is 0 Å². The summed E-state index contributed by atoms with van der Waals surface area (Å²) in [6, 6.07) is 0. The van der Waals surface area contributed by atoms with Crippen LogP contribution >= 0.6 is 0 Å². The van der Waals surface area contributed by atoms with Crippen LogP contribution in [-0.2, 0) is 9.59 Å². The van der Waals surface area contributed by atoms with Crippen LogP contribution in [-0.4, -0.2) is 41.1 Å². The number of carbonyl (C=O) groups excluding carboxylic acids is 1. The van der Waals surface area contributed by atoms with Gasteiger partial charge in [0.25, 0.3) is 0 Å². The Balaban J connectivity index is 2.81. The average molecular weight is 309 g/mol. The maximum absolute atomic E-state index is 13.0. The lowest BCUT2D eigenvalue weighted by Gasteiger charge is -2.28. The van der Waals surface area contributed by atoms with E-state index in [1.165, 1.54) is 0 Å². The quantitative estimate of drug-likeness (QED) is 0.849. The molecule has 1 amide bonds. The molecule has 0 bridgehead atoms. The van der Waals surface area contributed by atoms with Gasteiger partial charge >= 0.3 is 12.1 Å². The number of alkyl halides is 3. The molecule has 122 valence electrons. The van der Waals surface area contributed by atoms with Crippen molar-refractivity contribution in [2.24, 2.45) is 17.3 Å². The molecule has 21 heavy (non-hydrogen) atoms. The first-order valence-electron chi connectivity index (χ1n) is 7.13. The number of rotatable bonds is 5. The Morgan fingerprint density at radius 3 is 2.24 bits per heavy atom. The molecule has 1 saturated heterocycles. The molecule has 2 atom stereocenters. The second-order valence-electron chi connectivity index (χ2n) is 6.07. The number of carboxylic acids is 1. The summed E-state index contributed by atoms with van der Waals surface area (Å²) in [6.45, 7) is 4.92. The van der Waals surface area contributed by atoms with Gasteiger partial charge in [0.2, 0.25) is 5.91 Å². The van der Waals surface area contributed by atoms with Gasteiger partial charge in [-0.3, -0.25) is 9.59 Å². The number of hydrogen-bond donors (Lipinski definition) is 1. The van der Waals surface area contributed by atoms with Crippen molar-refractivity contribution >= 4 is 11.9 Å². The van der Waals surface area contributed by atoms with Crippen LogP contribution < -0.4 is 0 Å². The first kappa shape index (κ1) is 17.8. The molecule has 1 fully saturated rings. The molecule has 0 aliphatic carbocycles. The maximum Gasteiger partial charge on any atom is 0.406 e. The highest BCUT2D eigenvalue weighted by Crippen LogP contribution is 2.46. The standard InChI is InChI=1S/C14H22F3NO3/c1-4-10(9(2)3)7-11(19)18-6-5-13(8-18,12(20)21)14(15,16)17/h9-10H,4-8H2,1-3H3,(H,20,21). The molecule has 1 N–H and O–H groups in total. The second-order valence-corrected chi connectivity index (χ2v) is 6.07. The van der Waals surface area contributed by atoms with E-state index >= 15 is 0 Å². The fraction of sp³-hybridized carbons (Fsp3) is 0.857. The number of hydrogen-bond acceptors (Lipinski definition) is 2. The summed E-state index contributed by atoms with van der Waals surface area (Å²) < 4.78 is 39.1. The van der Waals surface area contributed by atoms with Crippen LogP contribution in [0, 0.1) is 17.3 Å². The van der Waals surface area contributed by atoms with Gasteiger partial charge in [-0.05, 0) is 18.3 Å². The van der Waals surface area contributed by atoms with Gasteiger partial charge in [-0.25, -0.2) is 0 Å². The zero-order chi connectivity index (χ0) is 16.4. The summed E-state index contributed by atoms with van der Waals surface area (Å²) >= 11 is 0. The van der Waals surface area contributed by atoms with Gasteiger partial charge < -0.3 is 10.0 Å². The molecule has 1 rings (SSSR count). The van der Waals surface area contributed by atoms with Gasteiger partial charge in [-0.15, -0.1) is 0 Å². The van der Waals surface area contributed by atoms with Crippen molar-refractivity contribution in [3.05, 3.63) is 0 Å². The third-order valence-corrected chi connectivity index (χ3v) is 4.48. The molecule has 4 nitrogen and oxygen atoms in total. The van der Waals surface area contributed by atoms with Gasteiger partial charge in [-0.2, -0.15) is 13.2 Å². The van der Waals surface area contributed by atoms with E-state index in [0.29, 0.717) is 0 Å². The van der Waals surface area contributed by atoms with E-state index in [4.69, 9.17) is 5.11 Å². The molecular weight excluding hydrogens is 287 g/mol. The first-order valence-corrected chi connectivity index (χ1v) is 7.13. The van der Waals surface area contributed by atoms with Crippen LogP contribution in [0.1, 0.15) is 40.0 Å². The van der Waals surface area contributed by atoms with Crippen molar-refractivity contribution in [2.75, 3.05) is 13.1 Å². The van der Waals surface area contributed by atoms with Crippen molar-refractivity contribution in [1.29, 1.82) is 0 Å². The van der Waals surface area contributed by atoms with Crippen molar-refractivity contribution < 1.29 is 27.9 Å². The molecule has 0 saturated carbocycles. The summed E-state index contributed by atoms with van der Waals surface area (Å²) in [5.41, 5.74) is -2.82. The Bertz CT molecular complexity index is 409. The molecule has 2 unspecified atom stereocenters. The number of likely N-dealkylation sites (tertiary alicyclic amines) is 1. The lowest BCUT2D eigenvalue weighted by molar-refractivity contribution is -0.227. The van der Waals surface area contributed by atoms with E-state index in [0.717, 1.165) is 11.3 Å². The SMILES string of the molecule is CCC(CC(=O)N1CCC(C(=O)O)(C(F)(F)F)C1)C(C)C. The Morgan fingerprint density at radius 2 is 1.90 bits per heavy atom. The predicted molar refractivity (Wildman–Crippen MR) is 70.6 cm³/mol. The molecule has 1 heterocycles. The Labute approximate surface area is 122 Å². The second kappa shape index (κ2) is 6.23. The molecule has 0 spiro atoms. The maximum atomic E-state index is 13.0. The van der Waals surface area contributed by atoms with Crippen molar-refractivity contribution in [1.82, 2.24) is 4.90 Å². The summed E-state index contributed by atoms with van der Waals surface area (Å²) in [7, 11) is 0. The van der Waals surface area contributed by atoms with Crippen LogP contribution in [0.3, 0.4) is 0 Å². The van der Waals surface area contributed by atoms with E-state index in [2.05, 4.69) is 0 Å². The monoisotopic (exact) mass is 309 g/mol. The number of carboxylic acid groups (broad SMARTS) is 1. The zero-order valence-corrected chi connectivity index (χ0v) is 12.5. The zero-order valence-electron chi connectivity index (χ0n) is 12.5. The third kappa shape index (κ3) is 3.49. The van der Waals surface area contributed by atoms with Crippen LogP contribution in [0.15, 0.2) is 0 Å².